The average Bonchev–Trinajstić information content (AvgIpc) is 3.43. The van der Waals surface area contributed by atoms with Gasteiger partial charge in [0.05, 0.1) is 10.2 Å². The molecule has 0 saturated carbocycles. The number of nitrogens with two attached hydrogens (primary N) is 1. The smallest absolute Gasteiger partial charge is 0.218 e. The van der Waals surface area contributed by atoms with Crippen molar-refractivity contribution in [2.75, 3.05) is 49.9 Å². The molecule has 174 valence electrons. The lowest BCUT2D eigenvalue weighted by atomic mass is 10.1. The minimum Gasteiger partial charge on any atom is -0.359 e. The number of rotatable bonds is 5. The minimum atomic E-state index is 0.745. The van der Waals surface area contributed by atoms with Gasteiger partial charge in [0.15, 0.2) is 15.9 Å². The van der Waals surface area contributed by atoms with Crippen LogP contribution in [0.2, 0.25) is 0 Å². The largest absolute Gasteiger partial charge is 0.359 e. The van der Waals surface area contributed by atoms with Gasteiger partial charge in [0.1, 0.15) is 0 Å². The molecule has 0 aliphatic carbocycles. The summed E-state index contributed by atoms with van der Waals surface area (Å²) in [5.41, 5.74) is 2.37. The monoisotopic (exact) mass is 501 g/mol. The summed E-state index contributed by atoms with van der Waals surface area (Å²) in [7, 11) is 0. The van der Waals surface area contributed by atoms with Crippen LogP contribution in [-0.2, 0) is 13.0 Å². The van der Waals surface area contributed by atoms with Gasteiger partial charge in [-0.3, -0.25) is 4.90 Å². The molecule has 11 heteroatoms. The third-order valence-electron chi connectivity index (χ3n) is 6.21. The molecule has 1 saturated heterocycles. The van der Waals surface area contributed by atoms with Crippen molar-refractivity contribution >= 4 is 60.0 Å². The fraction of sp³-hybridized carbons (Fsp3) is 0.455. The summed E-state index contributed by atoms with van der Waals surface area (Å²) in [4.78, 5) is 21.8. The zero-order valence-electron chi connectivity index (χ0n) is 18.3. The van der Waals surface area contributed by atoms with Crippen molar-refractivity contribution in [2.45, 2.75) is 19.4 Å². The summed E-state index contributed by atoms with van der Waals surface area (Å²) in [6.45, 7) is 7.17. The van der Waals surface area contributed by atoms with Gasteiger partial charge >= 0.3 is 0 Å². The Kier molecular flexibility index (Phi) is 6.16. The number of thiophene rings is 1. The summed E-state index contributed by atoms with van der Waals surface area (Å²) in [6, 6.07) is 8.39. The molecular formula is C22H27N7OS3. The van der Waals surface area contributed by atoms with Crippen LogP contribution in [0.4, 0.5) is 10.1 Å². The molecule has 3 aromatic rings. The van der Waals surface area contributed by atoms with Crippen LogP contribution in [0.1, 0.15) is 16.9 Å². The van der Waals surface area contributed by atoms with E-state index in [-0.39, 0.29) is 0 Å². The second-order valence-electron chi connectivity index (χ2n) is 8.37. The van der Waals surface area contributed by atoms with Gasteiger partial charge in [0.2, 0.25) is 5.17 Å². The molecule has 0 atom stereocenters. The van der Waals surface area contributed by atoms with Gasteiger partial charge in [-0.25, -0.2) is 15.8 Å². The van der Waals surface area contributed by atoms with E-state index in [4.69, 9.17) is 20.7 Å². The standard InChI is InChI=1S/C22H27N7OS3/c23-29-22(26-20-19(30-29)15-6-7-24-14-18(15)32-20)31-13-3-8-27-9-11-28(12-10-27)21-25-16-4-1-2-5-17(16)33-21/h1-2,4-5,24H,3,6-14,23H2. The number of benzene rings is 1. The number of para-hydroxylation sites is 1. The Hall–Kier alpha value is -1.89. The number of hydrogen-bond acceptors (Lipinski definition) is 11. The number of thiazole rings is 1. The quantitative estimate of drug-likeness (QED) is 0.407. The van der Waals surface area contributed by atoms with Crippen LogP contribution in [0.15, 0.2) is 29.3 Å². The van der Waals surface area contributed by atoms with Gasteiger partial charge in [0, 0.05) is 48.9 Å². The SMILES string of the molecule is NN1Oc2c(sc3c2CCNC3)N=C1SCCCN1CCN(c2nc3ccccc3s2)CC1. The van der Waals surface area contributed by atoms with Crippen molar-refractivity contribution in [3.05, 3.63) is 34.7 Å². The molecule has 3 aliphatic heterocycles. The van der Waals surface area contributed by atoms with Gasteiger partial charge in [-0.2, -0.15) is 0 Å². The Balaban J connectivity index is 0.980. The summed E-state index contributed by atoms with van der Waals surface area (Å²) < 4.78 is 1.27. The van der Waals surface area contributed by atoms with Gasteiger partial charge in [-0.05, 0) is 38.1 Å². The Morgan fingerprint density at radius 3 is 2.91 bits per heavy atom. The highest BCUT2D eigenvalue weighted by Crippen LogP contribution is 2.46. The van der Waals surface area contributed by atoms with Crippen LogP contribution in [0, 0.1) is 0 Å². The second-order valence-corrected chi connectivity index (χ2v) is 11.5. The van der Waals surface area contributed by atoms with Gasteiger partial charge in [-0.15, -0.1) is 16.5 Å². The predicted octanol–water partition coefficient (Wildman–Crippen LogP) is 3.42. The van der Waals surface area contributed by atoms with E-state index in [2.05, 4.69) is 39.4 Å². The van der Waals surface area contributed by atoms with Crippen LogP contribution >= 0.6 is 34.4 Å². The lowest BCUT2D eigenvalue weighted by Gasteiger charge is -2.34. The molecule has 0 amide bonds. The van der Waals surface area contributed by atoms with Crippen molar-refractivity contribution in [3.63, 3.8) is 0 Å². The number of hydrazine groups is 1. The lowest BCUT2D eigenvalue weighted by Crippen LogP contribution is -2.46. The number of aromatic nitrogens is 1. The van der Waals surface area contributed by atoms with E-state index in [0.29, 0.717) is 0 Å². The summed E-state index contributed by atoms with van der Waals surface area (Å²) in [5, 5.41) is 7.61. The molecule has 0 unspecified atom stereocenters. The first kappa shape index (κ1) is 21.6. The van der Waals surface area contributed by atoms with Crippen molar-refractivity contribution in [3.8, 4) is 5.75 Å². The number of piperazine rings is 1. The number of aliphatic imine (C=N–C) groups is 1. The number of hydrogen-bond donors (Lipinski definition) is 2. The number of hydroxylamine groups is 1. The third kappa shape index (κ3) is 4.45. The van der Waals surface area contributed by atoms with E-state index in [1.807, 2.05) is 0 Å². The summed E-state index contributed by atoms with van der Waals surface area (Å²) in [6.07, 6.45) is 2.07. The molecule has 1 fully saturated rings. The zero-order valence-corrected chi connectivity index (χ0v) is 20.8. The van der Waals surface area contributed by atoms with Crippen LogP contribution in [0.3, 0.4) is 0 Å². The van der Waals surface area contributed by atoms with Crippen LogP contribution in [-0.4, -0.2) is 65.2 Å². The van der Waals surface area contributed by atoms with E-state index >= 15 is 0 Å². The molecule has 0 spiro atoms. The van der Waals surface area contributed by atoms with Crippen molar-refractivity contribution in [1.82, 2.24) is 20.4 Å². The summed E-state index contributed by atoms with van der Waals surface area (Å²) in [5.74, 6) is 7.96. The first-order valence-electron chi connectivity index (χ1n) is 11.4. The number of anilines is 1. The topological polar surface area (TPSA) is 82.2 Å². The maximum atomic E-state index is 6.14. The molecule has 33 heavy (non-hydrogen) atoms. The minimum absolute atomic E-state index is 0.745. The van der Waals surface area contributed by atoms with E-state index in [0.717, 1.165) is 91.0 Å². The maximum Gasteiger partial charge on any atom is 0.218 e. The molecule has 3 N–H and O–H groups in total. The molecule has 5 heterocycles. The number of nitrogens with zero attached hydrogens (tertiary/aromatic N) is 5. The fourth-order valence-corrected chi connectivity index (χ4v) is 7.40. The van der Waals surface area contributed by atoms with E-state index in [1.54, 1.807) is 34.4 Å². The highest BCUT2D eigenvalue weighted by Gasteiger charge is 2.28. The average molecular weight is 502 g/mol. The van der Waals surface area contributed by atoms with E-state index in [9.17, 15) is 0 Å². The van der Waals surface area contributed by atoms with E-state index in [1.165, 1.54) is 20.3 Å². The molecule has 8 nitrogen and oxygen atoms in total. The Morgan fingerprint density at radius 1 is 1.15 bits per heavy atom. The molecule has 3 aliphatic rings. The molecule has 0 bridgehead atoms. The van der Waals surface area contributed by atoms with Crippen molar-refractivity contribution in [2.24, 2.45) is 10.8 Å². The van der Waals surface area contributed by atoms with E-state index < -0.39 is 0 Å². The van der Waals surface area contributed by atoms with Crippen LogP contribution in [0.25, 0.3) is 10.2 Å². The Labute approximate surface area is 205 Å². The first-order valence-corrected chi connectivity index (χ1v) is 14.0. The molecule has 1 aromatic carbocycles. The molecule has 2 aromatic heterocycles. The third-order valence-corrected chi connectivity index (χ3v) is 9.44. The lowest BCUT2D eigenvalue weighted by molar-refractivity contribution is 0.0187. The first-order chi connectivity index (χ1) is 16.2. The number of amidine groups is 1. The Morgan fingerprint density at radius 2 is 2.03 bits per heavy atom. The fourth-order valence-electron chi connectivity index (χ4n) is 4.44. The second kappa shape index (κ2) is 9.40. The van der Waals surface area contributed by atoms with Crippen molar-refractivity contribution < 1.29 is 4.84 Å². The molecule has 0 radical (unpaired) electrons. The normalized spacial score (nSPS) is 18.8. The van der Waals surface area contributed by atoms with Crippen LogP contribution < -0.4 is 20.9 Å². The number of thioether (sulfide) groups is 1. The van der Waals surface area contributed by atoms with Crippen molar-refractivity contribution in [1.29, 1.82) is 0 Å². The Bertz CT molecular complexity index is 1140. The van der Waals surface area contributed by atoms with Gasteiger partial charge in [-0.1, -0.05) is 35.2 Å². The maximum absolute atomic E-state index is 6.14. The van der Waals surface area contributed by atoms with Gasteiger partial charge in [0.25, 0.3) is 0 Å². The van der Waals surface area contributed by atoms with Gasteiger partial charge < -0.3 is 15.1 Å². The summed E-state index contributed by atoms with van der Waals surface area (Å²) >= 11 is 5.19. The molecular weight excluding hydrogens is 474 g/mol. The highest BCUT2D eigenvalue weighted by molar-refractivity contribution is 8.13. The van der Waals surface area contributed by atoms with Crippen LogP contribution in [0.5, 0.6) is 5.75 Å². The zero-order chi connectivity index (χ0) is 22.2. The highest BCUT2D eigenvalue weighted by atomic mass is 32.2. The number of nitrogens with one attached hydrogen (secondary N) is 1. The predicted molar refractivity (Wildman–Crippen MR) is 139 cm³/mol. The number of fused-ring (bicyclic) bond motifs is 4. The molecule has 6 rings (SSSR count).